The summed E-state index contributed by atoms with van der Waals surface area (Å²) in [6.07, 6.45) is 0. The summed E-state index contributed by atoms with van der Waals surface area (Å²) in [4.78, 5) is 2.41. The SMILES string of the molecule is c1ccc(-c2ccc(N(c3ccc(-c4ccc(-c5cccc(C6(c7ccccc7)c7ccccc7-c7ccccc76)c5)cc4)cc3)c3cccc4c3sc3ccccc34)cc2)cc1. The monoisotopic (exact) mass is 819 g/mol. The summed E-state index contributed by atoms with van der Waals surface area (Å²) in [5, 5.41) is 2.59. The fourth-order valence-electron chi connectivity index (χ4n) is 10.1. The van der Waals surface area contributed by atoms with Crippen LogP contribution in [-0.4, -0.2) is 0 Å². The molecule has 0 amide bonds. The van der Waals surface area contributed by atoms with Gasteiger partial charge in [-0.1, -0.05) is 206 Å². The van der Waals surface area contributed by atoms with Crippen LogP contribution in [0.15, 0.2) is 249 Å². The Morgan fingerprint density at radius 3 is 1.40 bits per heavy atom. The van der Waals surface area contributed by atoms with Crippen LogP contribution in [0.25, 0.3) is 64.7 Å². The first-order chi connectivity index (χ1) is 31.2. The molecule has 1 aliphatic rings. The zero-order valence-electron chi connectivity index (χ0n) is 34.5. The third-order valence-corrected chi connectivity index (χ3v) is 14.2. The molecule has 0 radical (unpaired) electrons. The molecule has 10 aromatic carbocycles. The van der Waals surface area contributed by atoms with E-state index in [1.54, 1.807) is 0 Å². The molecule has 1 aliphatic carbocycles. The highest BCUT2D eigenvalue weighted by molar-refractivity contribution is 7.26. The molecule has 0 aliphatic heterocycles. The van der Waals surface area contributed by atoms with Gasteiger partial charge in [0.25, 0.3) is 0 Å². The van der Waals surface area contributed by atoms with Gasteiger partial charge in [-0.2, -0.15) is 0 Å². The lowest BCUT2D eigenvalue weighted by molar-refractivity contribution is 0.769. The van der Waals surface area contributed by atoms with E-state index in [2.05, 4.69) is 254 Å². The normalized spacial score (nSPS) is 12.6. The molecule has 12 rings (SSSR count). The summed E-state index contributed by atoms with van der Waals surface area (Å²) in [7, 11) is 0. The largest absolute Gasteiger partial charge is 0.309 e. The lowest BCUT2D eigenvalue weighted by Gasteiger charge is -2.34. The van der Waals surface area contributed by atoms with Gasteiger partial charge in [0.15, 0.2) is 0 Å². The van der Waals surface area contributed by atoms with Gasteiger partial charge in [0.05, 0.1) is 15.8 Å². The second-order valence-corrected chi connectivity index (χ2v) is 17.5. The highest BCUT2D eigenvalue weighted by atomic mass is 32.1. The van der Waals surface area contributed by atoms with Gasteiger partial charge in [0.1, 0.15) is 0 Å². The zero-order chi connectivity index (χ0) is 41.7. The lowest BCUT2D eigenvalue weighted by atomic mass is 9.67. The van der Waals surface area contributed by atoms with Gasteiger partial charge in [-0.15, -0.1) is 11.3 Å². The Bertz CT molecular complexity index is 3370. The predicted molar refractivity (Wildman–Crippen MR) is 268 cm³/mol. The third kappa shape index (κ3) is 6.14. The smallest absolute Gasteiger partial charge is 0.0713 e. The van der Waals surface area contributed by atoms with Gasteiger partial charge in [-0.25, -0.2) is 0 Å². The fourth-order valence-corrected chi connectivity index (χ4v) is 11.3. The highest BCUT2D eigenvalue weighted by Gasteiger charge is 2.45. The van der Waals surface area contributed by atoms with Crippen molar-refractivity contribution in [1.29, 1.82) is 0 Å². The maximum atomic E-state index is 2.41. The van der Waals surface area contributed by atoms with Gasteiger partial charge in [0, 0.05) is 26.8 Å². The maximum Gasteiger partial charge on any atom is 0.0713 e. The Balaban J connectivity index is 0.903. The molecule has 1 aromatic heterocycles. The van der Waals surface area contributed by atoms with Gasteiger partial charge < -0.3 is 4.90 Å². The van der Waals surface area contributed by atoms with Crippen LogP contribution in [0, 0.1) is 0 Å². The first-order valence-corrected chi connectivity index (χ1v) is 22.5. The Kier molecular flexibility index (Phi) is 8.98. The highest BCUT2D eigenvalue weighted by Crippen LogP contribution is 2.56. The summed E-state index contributed by atoms with van der Waals surface area (Å²) in [5.74, 6) is 0. The topological polar surface area (TPSA) is 3.24 Å². The van der Waals surface area contributed by atoms with E-state index in [9.17, 15) is 0 Å². The molecule has 63 heavy (non-hydrogen) atoms. The van der Waals surface area contributed by atoms with Crippen molar-refractivity contribution in [3.63, 3.8) is 0 Å². The predicted octanol–water partition coefficient (Wildman–Crippen LogP) is 16.9. The number of fused-ring (bicyclic) bond motifs is 6. The third-order valence-electron chi connectivity index (χ3n) is 13.0. The first kappa shape index (κ1) is 37.0. The van der Waals surface area contributed by atoms with Crippen molar-refractivity contribution in [2.24, 2.45) is 0 Å². The van der Waals surface area contributed by atoms with Crippen LogP contribution in [0.3, 0.4) is 0 Å². The van der Waals surface area contributed by atoms with Crippen molar-refractivity contribution >= 4 is 48.6 Å². The molecule has 0 fully saturated rings. The first-order valence-electron chi connectivity index (χ1n) is 21.7. The molecule has 296 valence electrons. The number of thiophene rings is 1. The second kappa shape index (κ2) is 15.3. The Morgan fingerprint density at radius 2 is 0.762 bits per heavy atom. The minimum atomic E-state index is -0.424. The lowest BCUT2D eigenvalue weighted by Crippen LogP contribution is -2.28. The van der Waals surface area contributed by atoms with Crippen molar-refractivity contribution in [1.82, 2.24) is 0 Å². The molecule has 1 nitrogen and oxygen atoms in total. The maximum absolute atomic E-state index is 2.41. The summed E-state index contributed by atoms with van der Waals surface area (Å²) in [5.41, 5.74) is 18.0. The van der Waals surface area contributed by atoms with Gasteiger partial charge >= 0.3 is 0 Å². The van der Waals surface area contributed by atoms with E-state index in [-0.39, 0.29) is 0 Å². The van der Waals surface area contributed by atoms with Crippen molar-refractivity contribution in [3.05, 3.63) is 271 Å². The Morgan fingerprint density at radius 1 is 0.317 bits per heavy atom. The number of rotatable bonds is 8. The molecular weight excluding hydrogens is 779 g/mol. The molecule has 11 aromatic rings. The van der Waals surface area contributed by atoms with E-state index < -0.39 is 5.41 Å². The summed E-state index contributed by atoms with van der Waals surface area (Å²) >= 11 is 1.86. The summed E-state index contributed by atoms with van der Waals surface area (Å²) in [6, 6.07) is 91.3. The molecule has 2 heteroatoms. The Labute approximate surface area is 372 Å². The molecule has 0 unspecified atom stereocenters. The van der Waals surface area contributed by atoms with Crippen molar-refractivity contribution in [2.75, 3.05) is 4.90 Å². The number of hydrogen-bond donors (Lipinski definition) is 0. The summed E-state index contributed by atoms with van der Waals surface area (Å²) < 4.78 is 2.58. The van der Waals surface area contributed by atoms with Crippen LogP contribution in [0.4, 0.5) is 17.1 Å². The van der Waals surface area contributed by atoms with Crippen molar-refractivity contribution in [3.8, 4) is 44.5 Å². The number of nitrogens with zero attached hydrogens (tertiary/aromatic N) is 1. The zero-order valence-corrected chi connectivity index (χ0v) is 35.3. The Hall–Kier alpha value is -7.78. The fraction of sp³-hybridized carbons (Fsp3) is 0.0164. The molecule has 0 saturated carbocycles. The number of anilines is 3. The molecule has 0 spiro atoms. The second-order valence-electron chi connectivity index (χ2n) is 16.4. The minimum absolute atomic E-state index is 0.424. The van der Waals surface area contributed by atoms with Gasteiger partial charge in [-0.05, 0) is 109 Å². The standard InChI is InChI=1S/C61H41NS/c1-3-15-42(16-4-1)44-33-37-50(38-34-44)62(58-27-14-24-55-54-23-9-12-28-59(54)63-60(55)58)51-39-35-45(36-40-51)43-29-31-46(32-30-43)47-17-13-20-49(41-47)61(48-18-5-2-6-19-48)56-25-10-7-21-52(56)53-22-8-11-26-57(53)61/h1-41H. The quantitative estimate of drug-likeness (QED) is 0.148. The van der Waals surface area contributed by atoms with E-state index in [1.807, 2.05) is 11.3 Å². The molecule has 1 heterocycles. The van der Waals surface area contributed by atoms with Crippen LogP contribution in [0.5, 0.6) is 0 Å². The van der Waals surface area contributed by atoms with Gasteiger partial charge in [-0.3, -0.25) is 0 Å². The molecular formula is C61H41NS. The van der Waals surface area contributed by atoms with Crippen LogP contribution in [0.1, 0.15) is 22.3 Å². The number of benzene rings is 10. The molecule has 0 saturated heterocycles. The van der Waals surface area contributed by atoms with E-state index in [4.69, 9.17) is 0 Å². The summed E-state index contributed by atoms with van der Waals surface area (Å²) in [6.45, 7) is 0. The van der Waals surface area contributed by atoms with Crippen molar-refractivity contribution < 1.29 is 0 Å². The van der Waals surface area contributed by atoms with E-state index in [0.29, 0.717) is 0 Å². The number of hydrogen-bond acceptors (Lipinski definition) is 2. The van der Waals surface area contributed by atoms with Crippen LogP contribution in [-0.2, 0) is 5.41 Å². The van der Waals surface area contributed by atoms with Crippen LogP contribution >= 0.6 is 11.3 Å². The molecule has 0 N–H and O–H groups in total. The van der Waals surface area contributed by atoms with E-state index in [1.165, 1.54) is 92.6 Å². The average molecular weight is 820 g/mol. The molecule has 0 atom stereocenters. The molecule has 0 bridgehead atoms. The van der Waals surface area contributed by atoms with E-state index in [0.717, 1.165) is 11.4 Å². The average Bonchev–Trinajstić information content (AvgIpc) is 3.90. The minimum Gasteiger partial charge on any atom is -0.309 e. The van der Waals surface area contributed by atoms with Crippen molar-refractivity contribution in [2.45, 2.75) is 5.41 Å². The van der Waals surface area contributed by atoms with Crippen LogP contribution < -0.4 is 4.90 Å². The van der Waals surface area contributed by atoms with Crippen LogP contribution in [0.2, 0.25) is 0 Å². The van der Waals surface area contributed by atoms with E-state index >= 15 is 0 Å². The van der Waals surface area contributed by atoms with Gasteiger partial charge in [0.2, 0.25) is 0 Å².